The molecule has 1 aromatic rings. The Bertz CT molecular complexity index is 472. The maximum Gasteiger partial charge on any atom is 0.222 e. The molecule has 1 fully saturated rings. The number of benzene rings is 1. The van der Waals surface area contributed by atoms with E-state index >= 15 is 0 Å². The minimum Gasteiger partial charge on any atom is -0.486 e. The van der Waals surface area contributed by atoms with E-state index < -0.39 is 0 Å². The number of rotatable bonds is 4. The molecule has 0 radical (unpaired) electrons. The minimum absolute atomic E-state index is 0.308. The summed E-state index contributed by atoms with van der Waals surface area (Å²) >= 11 is 0. The van der Waals surface area contributed by atoms with Crippen molar-refractivity contribution in [2.75, 3.05) is 26.3 Å². The van der Waals surface area contributed by atoms with Gasteiger partial charge in [-0.25, -0.2) is 0 Å². The molecular weight excluding hydrogens is 242 g/mol. The zero-order valence-electron chi connectivity index (χ0n) is 11.1. The summed E-state index contributed by atoms with van der Waals surface area (Å²) in [7, 11) is 0. The van der Waals surface area contributed by atoms with E-state index in [0.717, 1.165) is 50.3 Å². The van der Waals surface area contributed by atoms with Crippen LogP contribution in [0.3, 0.4) is 0 Å². The number of carbonyl (C=O) groups is 1. The lowest BCUT2D eigenvalue weighted by atomic mass is 10.1. The summed E-state index contributed by atoms with van der Waals surface area (Å²) in [5.74, 6) is 1.99. The third-order valence-corrected chi connectivity index (χ3v) is 3.67. The van der Waals surface area contributed by atoms with Gasteiger partial charge in [0.05, 0.1) is 0 Å². The lowest BCUT2D eigenvalue weighted by Crippen LogP contribution is -2.25. The van der Waals surface area contributed by atoms with Gasteiger partial charge in [0.2, 0.25) is 5.91 Å². The van der Waals surface area contributed by atoms with Gasteiger partial charge in [-0.05, 0) is 37.0 Å². The van der Waals surface area contributed by atoms with Gasteiger partial charge in [0.15, 0.2) is 11.5 Å². The maximum atomic E-state index is 11.5. The largest absolute Gasteiger partial charge is 0.486 e. The molecule has 102 valence electrons. The van der Waals surface area contributed by atoms with Gasteiger partial charge >= 0.3 is 0 Å². The highest BCUT2D eigenvalue weighted by Gasteiger charge is 2.19. The van der Waals surface area contributed by atoms with Crippen LogP contribution >= 0.6 is 0 Å². The highest BCUT2D eigenvalue weighted by Crippen LogP contribution is 2.31. The summed E-state index contributed by atoms with van der Waals surface area (Å²) in [6.07, 6.45) is 3.72. The summed E-state index contributed by atoms with van der Waals surface area (Å²) < 4.78 is 11.1. The Labute approximate surface area is 113 Å². The Hall–Kier alpha value is -1.71. The lowest BCUT2D eigenvalue weighted by Gasteiger charge is -2.19. The van der Waals surface area contributed by atoms with Gasteiger partial charge in [0, 0.05) is 19.5 Å². The highest BCUT2D eigenvalue weighted by molar-refractivity contribution is 5.77. The number of hydrogen-bond acceptors (Lipinski definition) is 3. The van der Waals surface area contributed by atoms with E-state index in [1.165, 1.54) is 5.56 Å². The maximum absolute atomic E-state index is 11.5. The van der Waals surface area contributed by atoms with Crippen molar-refractivity contribution in [2.45, 2.75) is 25.7 Å². The Morgan fingerprint density at radius 1 is 1.16 bits per heavy atom. The Kier molecular flexibility index (Phi) is 3.58. The monoisotopic (exact) mass is 261 g/mol. The zero-order chi connectivity index (χ0) is 13.1. The van der Waals surface area contributed by atoms with Crippen molar-refractivity contribution < 1.29 is 14.3 Å². The smallest absolute Gasteiger partial charge is 0.222 e. The fourth-order valence-electron chi connectivity index (χ4n) is 2.66. The number of amides is 1. The standard InChI is InChI=1S/C15H19NO3/c17-15-4-2-8-16(15)7-1-3-12-5-6-13-14(11-12)19-10-9-18-13/h5-6,11H,1-4,7-10H2. The van der Waals surface area contributed by atoms with Crippen LogP contribution in [0.1, 0.15) is 24.8 Å². The predicted molar refractivity (Wildman–Crippen MR) is 71.6 cm³/mol. The quantitative estimate of drug-likeness (QED) is 0.832. The van der Waals surface area contributed by atoms with Crippen LogP contribution in [-0.4, -0.2) is 37.1 Å². The van der Waals surface area contributed by atoms with Crippen LogP contribution in [0.5, 0.6) is 11.5 Å². The number of nitrogens with zero attached hydrogens (tertiary/aromatic N) is 1. The molecule has 0 bridgehead atoms. The van der Waals surface area contributed by atoms with E-state index in [4.69, 9.17) is 9.47 Å². The second-order valence-corrected chi connectivity index (χ2v) is 5.07. The summed E-state index contributed by atoms with van der Waals surface area (Å²) in [6, 6.07) is 6.12. The van der Waals surface area contributed by atoms with Crippen LogP contribution in [0.2, 0.25) is 0 Å². The number of fused-ring (bicyclic) bond motifs is 1. The third kappa shape index (κ3) is 2.83. The normalized spacial score (nSPS) is 17.9. The number of carbonyl (C=O) groups excluding carboxylic acids is 1. The van der Waals surface area contributed by atoms with Crippen LogP contribution in [0, 0.1) is 0 Å². The molecule has 4 nitrogen and oxygen atoms in total. The first-order valence-electron chi connectivity index (χ1n) is 6.99. The van der Waals surface area contributed by atoms with Gasteiger partial charge < -0.3 is 14.4 Å². The first-order valence-corrected chi connectivity index (χ1v) is 6.99. The van der Waals surface area contributed by atoms with Crippen molar-refractivity contribution in [2.24, 2.45) is 0 Å². The van der Waals surface area contributed by atoms with Crippen LogP contribution in [0.4, 0.5) is 0 Å². The first-order chi connectivity index (χ1) is 9.33. The van der Waals surface area contributed by atoms with E-state index in [0.29, 0.717) is 19.1 Å². The molecule has 0 atom stereocenters. The highest BCUT2D eigenvalue weighted by atomic mass is 16.6. The lowest BCUT2D eigenvalue weighted by molar-refractivity contribution is -0.127. The van der Waals surface area contributed by atoms with Gasteiger partial charge in [-0.1, -0.05) is 6.07 Å². The van der Waals surface area contributed by atoms with Gasteiger partial charge in [-0.15, -0.1) is 0 Å². The van der Waals surface area contributed by atoms with Crippen molar-refractivity contribution in [1.82, 2.24) is 4.90 Å². The molecule has 0 aromatic heterocycles. The molecule has 19 heavy (non-hydrogen) atoms. The first kappa shape index (κ1) is 12.3. The van der Waals surface area contributed by atoms with Crippen molar-refractivity contribution in [1.29, 1.82) is 0 Å². The van der Waals surface area contributed by atoms with Crippen LogP contribution in [0.25, 0.3) is 0 Å². The van der Waals surface area contributed by atoms with Gasteiger partial charge in [-0.3, -0.25) is 4.79 Å². The molecule has 0 N–H and O–H groups in total. The van der Waals surface area contributed by atoms with E-state index in [1.54, 1.807) is 0 Å². The number of aryl methyl sites for hydroxylation is 1. The SMILES string of the molecule is O=C1CCCN1CCCc1ccc2c(c1)OCCO2. The molecule has 4 heteroatoms. The molecule has 0 saturated carbocycles. The molecule has 2 heterocycles. The van der Waals surface area contributed by atoms with Gasteiger partial charge in [-0.2, -0.15) is 0 Å². The molecule has 2 aliphatic rings. The molecular formula is C15H19NO3. The topological polar surface area (TPSA) is 38.8 Å². The van der Waals surface area contributed by atoms with E-state index in [1.807, 2.05) is 11.0 Å². The zero-order valence-corrected chi connectivity index (χ0v) is 11.1. The summed E-state index contributed by atoms with van der Waals surface area (Å²) in [4.78, 5) is 13.5. The van der Waals surface area contributed by atoms with Crippen LogP contribution in [0.15, 0.2) is 18.2 Å². The average molecular weight is 261 g/mol. The molecule has 0 aliphatic carbocycles. The molecule has 0 spiro atoms. The second-order valence-electron chi connectivity index (χ2n) is 5.07. The summed E-state index contributed by atoms with van der Waals surface area (Å²) in [6.45, 7) is 3.05. The Balaban J connectivity index is 1.53. The molecule has 1 amide bonds. The van der Waals surface area contributed by atoms with Crippen LogP contribution < -0.4 is 9.47 Å². The third-order valence-electron chi connectivity index (χ3n) is 3.67. The van der Waals surface area contributed by atoms with E-state index in [9.17, 15) is 4.79 Å². The molecule has 3 rings (SSSR count). The Morgan fingerprint density at radius 3 is 2.79 bits per heavy atom. The van der Waals surface area contributed by atoms with Gasteiger partial charge in [0.25, 0.3) is 0 Å². The van der Waals surface area contributed by atoms with Crippen molar-refractivity contribution in [3.05, 3.63) is 23.8 Å². The predicted octanol–water partition coefficient (Wildman–Crippen LogP) is 2.01. The van der Waals surface area contributed by atoms with Crippen molar-refractivity contribution >= 4 is 5.91 Å². The second kappa shape index (κ2) is 5.51. The van der Waals surface area contributed by atoms with E-state index in [2.05, 4.69) is 12.1 Å². The van der Waals surface area contributed by atoms with Crippen LogP contribution in [-0.2, 0) is 11.2 Å². The molecule has 0 unspecified atom stereocenters. The Morgan fingerprint density at radius 2 is 2.00 bits per heavy atom. The fourth-order valence-corrected chi connectivity index (χ4v) is 2.66. The number of likely N-dealkylation sites (tertiary alicyclic amines) is 1. The number of ether oxygens (including phenoxy) is 2. The van der Waals surface area contributed by atoms with Crippen molar-refractivity contribution in [3.8, 4) is 11.5 Å². The summed E-state index contributed by atoms with van der Waals surface area (Å²) in [5.41, 5.74) is 1.25. The molecule has 1 aromatic carbocycles. The molecule has 1 saturated heterocycles. The van der Waals surface area contributed by atoms with Crippen molar-refractivity contribution in [3.63, 3.8) is 0 Å². The van der Waals surface area contributed by atoms with E-state index in [-0.39, 0.29) is 0 Å². The van der Waals surface area contributed by atoms with Gasteiger partial charge in [0.1, 0.15) is 13.2 Å². The average Bonchev–Trinajstić information content (AvgIpc) is 2.84. The fraction of sp³-hybridized carbons (Fsp3) is 0.533. The minimum atomic E-state index is 0.308. The summed E-state index contributed by atoms with van der Waals surface area (Å²) in [5, 5.41) is 0. The number of hydrogen-bond donors (Lipinski definition) is 0. The molecule has 2 aliphatic heterocycles.